The molecule has 0 aromatic rings. The van der Waals surface area contributed by atoms with Gasteiger partial charge in [-0.15, -0.1) is 0 Å². The van der Waals surface area contributed by atoms with Crippen LogP contribution in [0.15, 0.2) is 0 Å². The monoisotopic (exact) mass is 117 g/mol. The second-order valence-corrected chi connectivity index (χ2v) is 2.06. The Morgan fingerprint density at radius 1 is 1.50 bits per heavy atom. The summed E-state index contributed by atoms with van der Waals surface area (Å²) in [7, 11) is 0. The van der Waals surface area contributed by atoms with E-state index in [9.17, 15) is 0 Å². The molecule has 50 valence electrons. The van der Waals surface area contributed by atoms with E-state index < -0.39 is 0 Å². The fourth-order valence-electron chi connectivity index (χ4n) is 0.372. The number of hydrogen-bond donors (Lipinski definition) is 3. The average Bonchev–Trinajstić information content (AvgIpc) is 1.67. The number of rotatable bonds is 3. The molecule has 0 rings (SSSR count). The van der Waals surface area contributed by atoms with Crippen LogP contribution in [0.1, 0.15) is 13.8 Å². The van der Waals surface area contributed by atoms with E-state index in [0.29, 0.717) is 12.7 Å². The van der Waals surface area contributed by atoms with E-state index in [4.69, 9.17) is 11.5 Å². The molecule has 0 spiro atoms. The SMILES string of the molecule is CC(N)C(C)NCN. The van der Waals surface area contributed by atoms with Crippen molar-refractivity contribution in [3.05, 3.63) is 0 Å². The van der Waals surface area contributed by atoms with Crippen molar-refractivity contribution in [2.75, 3.05) is 6.67 Å². The van der Waals surface area contributed by atoms with E-state index in [0.717, 1.165) is 0 Å². The molecule has 0 amide bonds. The Hall–Kier alpha value is -0.120. The molecule has 0 aromatic heterocycles. The number of hydrogen-bond acceptors (Lipinski definition) is 3. The Bertz CT molecular complexity index is 53.6. The summed E-state index contributed by atoms with van der Waals surface area (Å²) in [5.74, 6) is 0. The molecule has 0 aliphatic carbocycles. The van der Waals surface area contributed by atoms with Crippen LogP contribution in [-0.4, -0.2) is 18.8 Å². The van der Waals surface area contributed by atoms with Gasteiger partial charge in [-0.3, -0.25) is 0 Å². The molecule has 5 N–H and O–H groups in total. The fourth-order valence-corrected chi connectivity index (χ4v) is 0.372. The smallest absolute Gasteiger partial charge is 0.0431 e. The van der Waals surface area contributed by atoms with Gasteiger partial charge in [0.05, 0.1) is 0 Å². The zero-order chi connectivity index (χ0) is 6.57. The predicted octanol–water partition coefficient (Wildman–Crippen LogP) is -0.772. The minimum absolute atomic E-state index is 0.179. The van der Waals surface area contributed by atoms with Gasteiger partial charge in [0.25, 0.3) is 0 Å². The normalized spacial score (nSPS) is 18.0. The highest BCUT2D eigenvalue weighted by Gasteiger charge is 2.02. The molecule has 0 saturated carbocycles. The fraction of sp³-hybridized carbons (Fsp3) is 1.00. The van der Waals surface area contributed by atoms with Gasteiger partial charge in [-0.2, -0.15) is 0 Å². The minimum Gasteiger partial charge on any atom is -0.327 e. The van der Waals surface area contributed by atoms with Crippen molar-refractivity contribution in [1.82, 2.24) is 5.32 Å². The zero-order valence-corrected chi connectivity index (χ0v) is 5.52. The molecule has 0 bridgehead atoms. The van der Waals surface area contributed by atoms with Crippen molar-refractivity contribution >= 4 is 0 Å². The van der Waals surface area contributed by atoms with Gasteiger partial charge < -0.3 is 16.8 Å². The molecule has 3 heteroatoms. The molecule has 0 radical (unpaired) electrons. The lowest BCUT2D eigenvalue weighted by Crippen LogP contribution is -2.43. The van der Waals surface area contributed by atoms with Crippen LogP contribution < -0.4 is 16.8 Å². The third kappa shape index (κ3) is 2.96. The Morgan fingerprint density at radius 3 is 2.12 bits per heavy atom. The van der Waals surface area contributed by atoms with Crippen LogP contribution in [-0.2, 0) is 0 Å². The van der Waals surface area contributed by atoms with Gasteiger partial charge in [0.2, 0.25) is 0 Å². The number of nitrogens with two attached hydrogens (primary N) is 2. The highest BCUT2D eigenvalue weighted by Crippen LogP contribution is 1.83. The summed E-state index contributed by atoms with van der Waals surface area (Å²) in [6.07, 6.45) is 0. The van der Waals surface area contributed by atoms with Gasteiger partial charge in [-0.05, 0) is 13.8 Å². The molecule has 2 unspecified atom stereocenters. The quantitative estimate of drug-likeness (QED) is 0.425. The Labute approximate surface area is 50.4 Å². The molecule has 0 aliphatic heterocycles. The minimum atomic E-state index is 0.179. The molecule has 0 aliphatic rings. The highest BCUT2D eigenvalue weighted by atomic mass is 15.0. The van der Waals surface area contributed by atoms with Gasteiger partial charge in [0, 0.05) is 18.8 Å². The summed E-state index contributed by atoms with van der Waals surface area (Å²) < 4.78 is 0. The van der Waals surface area contributed by atoms with Crippen LogP contribution in [0.25, 0.3) is 0 Å². The Balaban J connectivity index is 3.17. The van der Waals surface area contributed by atoms with Gasteiger partial charge in [0.1, 0.15) is 0 Å². The molecule has 0 heterocycles. The molecule has 3 nitrogen and oxygen atoms in total. The zero-order valence-electron chi connectivity index (χ0n) is 5.52. The maximum absolute atomic E-state index is 5.50. The van der Waals surface area contributed by atoms with E-state index in [-0.39, 0.29) is 6.04 Å². The van der Waals surface area contributed by atoms with E-state index in [2.05, 4.69) is 5.32 Å². The van der Waals surface area contributed by atoms with E-state index >= 15 is 0 Å². The first-order valence-corrected chi connectivity index (χ1v) is 2.87. The van der Waals surface area contributed by atoms with E-state index in [1.54, 1.807) is 0 Å². The first-order valence-electron chi connectivity index (χ1n) is 2.87. The van der Waals surface area contributed by atoms with Crippen LogP contribution in [0, 0.1) is 0 Å². The van der Waals surface area contributed by atoms with Crippen LogP contribution in [0.4, 0.5) is 0 Å². The summed E-state index contributed by atoms with van der Waals surface area (Å²) in [5, 5.41) is 3.00. The number of nitrogens with one attached hydrogen (secondary N) is 1. The third-order valence-electron chi connectivity index (χ3n) is 1.23. The van der Waals surface area contributed by atoms with Crippen molar-refractivity contribution in [1.29, 1.82) is 0 Å². The second kappa shape index (κ2) is 3.83. The predicted molar refractivity (Wildman–Crippen MR) is 35.3 cm³/mol. The van der Waals surface area contributed by atoms with Gasteiger partial charge in [-0.1, -0.05) is 0 Å². The first-order chi connectivity index (χ1) is 3.68. The maximum atomic E-state index is 5.50. The lowest BCUT2D eigenvalue weighted by Gasteiger charge is -2.14. The summed E-state index contributed by atoms with van der Waals surface area (Å²) in [4.78, 5) is 0. The molecule has 8 heavy (non-hydrogen) atoms. The highest BCUT2D eigenvalue weighted by molar-refractivity contribution is 4.68. The van der Waals surface area contributed by atoms with Crippen molar-refractivity contribution < 1.29 is 0 Å². The summed E-state index contributed by atoms with van der Waals surface area (Å²) >= 11 is 0. The second-order valence-electron chi connectivity index (χ2n) is 2.06. The molecular formula is C5H15N3. The molecule has 0 fully saturated rings. The van der Waals surface area contributed by atoms with Crippen LogP contribution in [0.3, 0.4) is 0 Å². The van der Waals surface area contributed by atoms with Crippen LogP contribution in [0.5, 0.6) is 0 Å². The summed E-state index contributed by atoms with van der Waals surface area (Å²) in [6, 6.07) is 0.499. The van der Waals surface area contributed by atoms with Crippen LogP contribution in [0.2, 0.25) is 0 Å². The van der Waals surface area contributed by atoms with Gasteiger partial charge >= 0.3 is 0 Å². The maximum Gasteiger partial charge on any atom is 0.0431 e. The van der Waals surface area contributed by atoms with Crippen LogP contribution >= 0.6 is 0 Å². The van der Waals surface area contributed by atoms with E-state index in [1.165, 1.54) is 0 Å². The van der Waals surface area contributed by atoms with Crippen molar-refractivity contribution in [2.45, 2.75) is 25.9 Å². The molecule has 0 saturated heterocycles. The van der Waals surface area contributed by atoms with Crippen molar-refractivity contribution in [3.8, 4) is 0 Å². The topological polar surface area (TPSA) is 64.1 Å². The molecular weight excluding hydrogens is 102 g/mol. The Kier molecular flexibility index (Phi) is 3.77. The Morgan fingerprint density at radius 2 is 2.00 bits per heavy atom. The van der Waals surface area contributed by atoms with E-state index in [1.807, 2.05) is 13.8 Å². The van der Waals surface area contributed by atoms with Crippen molar-refractivity contribution in [3.63, 3.8) is 0 Å². The standard InChI is InChI=1S/C5H15N3/c1-4(7)5(2)8-3-6/h4-5,8H,3,6-7H2,1-2H3. The lowest BCUT2D eigenvalue weighted by molar-refractivity contribution is 0.486. The lowest BCUT2D eigenvalue weighted by atomic mass is 10.2. The first kappa shape index (κ1) is 7.88. The molecule has 0 aromatic carbocycles. The molecule has 2 atom stereocenters. The van der Waals surface area contributed by atoms with Gasteiger partial charge in [0.15, 0.2) is 0 Å². The third-order valence-corrected chi connectivity index (χ3v) is 1.23. The average molecular weight is 117 g/mol. The van der Waals surface area contributed by atoms with Gasteiger partial charge in [-0.25, -0.2) is 0 Å². The largest absolute Gasteiger partial charge is 0.327 e. The summed E-state index contributed by atoms with van der Waals surface area (Å²) in [6.45, 7) is 4.47. The summed E-state index contributed by atoms with van der Waals surface area (Å²) in [5.41, 5.74) is 10.7. The van der Waals surface area contributed by atoms with Crippen molar-refractivity contribution in [2.24, 2.45) is 11.5 Å².